The molecular weight excluding hydrogens is 494 g/mol. The summed E-state index contributed by atoms with van der Waals surface area (Å²) in [6.07, 6.45) is 6.69. The van der Waals surface area contributed by atoms with E-state index in [2.05, 4.69) is 55.3 Å². The smallest absolute Gasteiger partial charge is 0.273 e. The number of aromatic nitrogens is 5. The van der Waals surface area contributed by atoms with E-state index in [1.807, 2.05) is 60.8 Å². The van der Waals surface area contributed by atoms with E-state index in [1.54, 1.807) is 12.4 Å². The minimum Gasteiger partial charge on any atom is -0.368 e. The van der Waals surface area contributed by atoms with Gasteiger partial charge < -0.3 is 26.7 Å². The first-order chi connectivity index (χ1) is 18.9. The number of amides is 2. The minimum absolute atomic E-state index is 0.0165. The van der Waals surface area contributed by atoms with E-state index in [0.29, 0.717) is 5.69 Å². The zero-order valence-corrected chi connectivity index (χ0v) is 21.6. The molecule has 0 aliphatic rings. The summed E-state index contributed by atoms with van der Waals surface area (Å²) in [4.78, 5) is 31.8. The van der Waals surface area contributed by atoms with Crippen LogP contribution in [0.25, 0.3) is 27.7 Å². The molecule has 11 nitrogen and oxygen atoms in total. The first-order valence-electron chi connectivity index (χ1n) is 12.4. The van der Waals surface area contributed by atoms with E-state index in [-0.39, 0.29) is 24.0 Å². The first kappa shape index (κ1) is 26.7. The summed E-state index contributed by atoms with van der Waals surface area (Å²) in [6, 6.07) is 19.7. The summed E-state index contributed by atoms with van der Waals surface area (Å²) in [5.41, 5.74) is 14.9. The lowest BCUT2D eigenvalue weighted by Gasteiger charge is -2.14. The van der Waals surface area contributed by atoms with Crippen LogP contribution in [0, 0.1) is 0 Å². The van der Waals surface area contributed by atoms with Crippen LogP contribution in [0.5, 0.6) is 0 Å². The lowest BCUT2D eigenvalue weighted by molar-refractivity contribution is -0.116. The molecule has 0 saturated heterocycles. The van der Waals surface area contributed by atoms with Gasteiger partial charge in [0.1, 0.15) is 0 Å². The average molecular weight is 524 g/mol. The molecule has 0 atom stereocenters. The van der Waals surface area contributed by atoms with Gasteiger partial charge in [0.15, 0.2) is 11.5 Å². The van der Waals surface area contributed by atoms with Crippen LogP contribution in [-0.2, 0) is 4.79 Å². The van der Waals surface area contributed by atoms with E-state index in [4.69, 9.17) is 11.5 Å². The Balaban J connectivity index is 0.00000112. The van der Waals surface area contributed by atoms with Crippen LogP contribution in [0.15, 0.2) is 79.3 Å². The Bertz CT molecular complexity index is 1590. The number of nitrogens with two attached hydrogens (primary N) is 2. The Kier molecular flexibility index (Phi) is 8.42. The number of benzene rings is 2. The summed E-state index contributed by atoms with van der Waals surface area (Å²) in [5, 5.41) is 14.4. The van der Waals surface area contributed by atoms with Crippen molar-refractivity contribution in [2.75, 3.05) is 17.2 Å². The van der Waals surface area contributed by atoms with Crippen molar-refractivity contribution in [2.45, 2.75) is 20.3 Å². The third-order valence-electron chi connectivity index (χ3n) is 5.43. The highest BCUT2D eigenvalue weighted by Crippen LogP contribution is 2.34. The number of hydrogen-bond donors (Lipinski definition) is 4. The SMILES string of the molecule is CCC.NC(=O)CNc1nnc(C(N)=O)c(Nc2cc(-c3cccnc3)cc3c2ccn3-c2ccccc2)n1. The van der Waals surface area contributed by atoms with Crippen LogP contribution < -0.4 is 22.1 Å². The van der Waals surface area contributed by atoms with Gasteiger partial charge in [0.05, 0.1) is 12.1 Å². The summed E-state index contributed by atoms with van der Waals surface area (Å²) in [5.74, 6) is -1.30. The molecule has 0 saturated carbocycles. The minimum atomic E-state index is -0.805. The van der Waals surface area contributed by atoms with Crippen molar-refractivity contribution in [1.29, 1.82) is 0 Å². The highest BCUT2D eigenvalue weighted by molar-refractivity contribution is 6.01. The van der Waals surface area contributed by atoms with E-state index >= 15 is 0 Å². The molecule has 2 amide bonds. The maximum atomic E-state index is 12.1. The molecule has 198 valence electrons. The van der Waals surface area contributed by atoms with Crippen molar-refractivity contribution in [2.24, 2.45) is 11.5 Å². The van der Waals surface area contributed by atoms with Crippen molar-refractivity contribution in [3.05, 3.63) is 84.9 Å². The lowest BCUT2D eigenvalue weighted by atomic mass is 10.0. The number of para-hydroxylation sites is 1. The molecule has 0 fully saturated rings. The van der Waals surface area contributed by atoms with Crippen LogP contribution in [-0.4, -0.2) is 43.1 Å². The van der Waals surface area contributed by atoms with E-state index < -0.39 is 11.8 Å². The maximum Gasteiger partial charge on any atom is 0.273 e. The van der Waals surface area contributed by atoms with Crippen LogP contribution in [0.1, 0.15) is 30.8 Å². The Hall–Kier alpha value is -5.32. The molecule has 0 aliphatic carbocycles. The molecular formula is C28H29N9O2. The summed E-state index contributed by atoms with van der Waals surface area (Å²) in [7, 11) is 0. The van der Waals surface area contributed by atoms with E-state index in [1.165, 1.54) is 6.42 Å². The summed E-state index contributed by atoms with van der Waals surface area (Å²) < 4.78 is 2.06. The molecule has 2 aromatic carbocycles. The number of fused-ring (bicyclic) bond motifs is 1. The molecule has 39 heavy (non-hydrogen) atoms. The summed E-state index contributed by atoms with van der Waals surface area (Å²) in [6.45, 7) is 4.05. The van der Waals surface area contributed by atoms with Gasteiger partial charge in [0, 0.05) is 40.9 Å². The molecule has 5 rings (SSSR count). The van der Waals surface area contributed by atoms with Crippen LogP contribution in [0.3, 0.4) is 0 Å². The second kappa shape index (κ2) is 12.3. The van der Waals surface area contributed by atoms with Gasteiger partial charge in [0.2, 0.25) is 11.9 Å². The molecule has 3 heterocycles. The van der Waals surface area contributed by atoms with Crippen LogP contribution in [0.4, 0.5) is 17.5 Å². The molecule has 3 aromatic heterocycles. The number of anilines is 3. The quantitative estimate of drug-likeness (QED) is 0.236. The molecule has 6 N–H and O–H groups in total. The molecule has 0 radical (unpaired) electrons. The van der Waals surface area contributed by atoms with Gasteiger partial charge in [-0.1, -0.05) is 44.5 Å². The van der Waals surface area contributed by atoms with Crippen molar-refractivity contribution in [1.82, 2.24) is 24.7 Å². The second-order valence-corrected chi connectivity index (χ2v) is 8.57. The molecule has 0 aliphatic heterocycles. The zero-order chi connectivity index (χ0) is 27.8. The molecule has 11 heteroatoms. The molecule has 0 bridgehead atoms. The van der Waals surface area contributed by atoms with Gasteiger partial charge in [-0.2, -0.15) is 4.98 Å². The number of carbonyl (C=O) groups is 2. The molecule has 0 spiro atoms. The third-order valence-corrected chi connectivity index (χ3v) is 5.43. The van der Waals surface area contributed by atoms with Crippen molar-refractivity contribution < 1.29 is 9.59 Å². The molecule has 5 aromatic rings. The van der Waals surface area contributed by atoms with E-state index in [0.717, 1.165) is 27.7 Å². The van der Waals surface area contributed by atoms with Crippen molar-refractivity contribution >= 4 is 40.2 Å². The Morgan fingerprint density at radius 1 is 0.949 bits per heavy atom. The predicted octanol–water partition coefficient (Wildman–Crippen LogP) is 4.03. The highest BCUT2D eigenvalue weighted by atomic mass is 16.1. The van der Waals surface area contributed by atoms with Gasteiger partial charge in [-0.3, -0.25) is 14.6 Å². The van der Waals surface area contributed by atoms with Crippen LogP contribution in [0.2, 0.25) is 0 Å². The Morgan fingerprint density at radius 3 is 2.38 bits per heavy atom. The number of carbonyl (C=O) groups excluding carboxylic acids is 2. The topological polar surface area (TPSA) is 167 Å². The Morgan fingerprint density at radius 2 is 1.72 bits per heavy atom. The monoisotopic (exact) mass is 523 g/mol. The van der Waals surface area contributed by atoms with Crippen molar-refractivity contribution in [3.8, 4) is 16.8 Å². The normalized spacial score (nSPS) is 10.4. The lowest BCUT2D eigenvalue weighted by Crippen LogP contribution is -2.24. The number of hydrogen-bond acceptors (Lipinski definition) is 8. The fourth-order valence-corrected chi connectivity index (χ4v) is 3.81. The molecule has 0 unspecified atom stereocenters. The van der Waals surface area contributed by atoms with Gasteiger partial charge in [0.25, 0.3) is 5.91 Å². The fraction of sp³-hybridized carbons (Fsp3) is 0.143. The average Bonchev–Trinajstić information content (AvgIpc) is 3.38. The third kappa shape index (κ3) is 6.34. The Labute approximate surface area is 225 Å². The van der Waals surface area contributed by atoms with Gasteiger partial charge in [-0.25, -0.2) is 0 Å². The highest BCUT2D eigenvalue weighted by Gasteiger charge is 2.18. The predicted molar refractivity (Wildman–Crippen MR) is 152 cm³/mol. The van der Waals surface area contributed by atoms with Crippen molar-refractivity contribution in [3.63, 3.8) is 0 Å². The number of rotatable bonds is 8. The maximum absolute atomic E-state index is 12.1. The zero-order valence-electron chi connectivity index (χ0n) is 21.6. The second-order valence-electron chi connectivity index (χ2n) is 8.57. The van der Waals surface area contributed by atoms with Gasteiger partial charge >= 0.3 is 0 Å². The largest absolute Gasteiger partial charge is 0.368 e. The number of nitrogens with one attached hydrogen (secondary N) is 2. The number of pyridine rings is 1. The van der Waals surface area contributed by atoms with Gasteiger partial charge in [-0.05, 0) is 42.0 Å². The number of nitrogens with zero attached hydrogens (tertiary/aromatic N) is 5. The van der Waals surface area contributed by atoms with Gasteiger partial charge in [-0.15, -0.1) is 10.2 Å². The van der Waals surface area contributed by atoms with Crippen LogP contribution >= 0.6 is 0 Å². The first-order valence-corrected chi connectivity index (χ1v) is 12.4. The standard InChI is InChI=1S/C25H21N9O2.C3H8/c26-21(35)14-29-25-31-24(22(23(27)36)32-33-25)30-19-11-16(15-5-4-9-28-13-15)12-20-18(19)8-10-34(20)17-6-2-1-3-7-17;1-3-2/h1-13H,14H2,(H2,26,35)(H2,27,36)(H2,29,30,31,33);3H2,1-2H3. The van der Waals surface area contributed by atoms with E-state index in [9.17, 15) is 9.59 Å². The number of primary amides is 2. The summed E-state index contributed by atoms with van der Waals surface area (Å²) >= 11 is 0. The fourth-order valence-electron chi connectivity index (χ4n) is 3.81.